The zero-order valence-corrected chi connectivity index (χ0v) is 17.2. The van der Waals surface area contributed by atoms with Gasteiger partial charge in [0.2, 0.25) is 0 Å². The van der Waals surface area contributed by atoms with Gasteiger partial charge >= 0.3 is 0 Å². The quantitative estimate of drug-likeness (QED) is 0.378. The first kappa shape index (κ1) is 20.7. The summed E-state index contributed by atoms with van der Waals surface area (Å²) in [5.41, 5.74) is 0. The molecular weight excluding hydrogens is 372 g/mol. The van der Waals surface area contributed by atoms with Crippen LogP contribution in [0.2, 0.25) is 4.34 Å². The first-order valence-electron chi connectivity index (χ1n) is 8.73. The van der Waals surface area contributed by atoms with E-state index in [1.54, 1.807) is 24.8 Å². The Morgan fingerprint density at radius 1 is 1.46 bits per heavy atom. The molecule has 0 aliphatic heterocycles. The van der Waals surface area contributed by atoms with Gasteiger partial charge in [-0.2, -0.15) is 0 Å². The first-order chi connectivity index (χ1) is 12.6. The van der Waals surface area contributed by atoms with Gasteiger partial charge in [0, 0.05) is 51.7 Å². The lowest BCUT2D eigenvalue weighted by Crippen LogP contribution is -2.40. The summed E-state index contributed by atoms with van der Waals surface area (Å²) in [6.45, 7) is 5.83. The molecule has 0 aliphatic rings. The van der Waals surface area contributed by atoms with Crippen molar-refractivity contribution in [2.45, 2.75) is 32.9 Å². The van der Waals surface area contributed by atoms with Crippen LogP contribution in [0.4, 0.5) is 0 Å². The Kier molecular flexibility index (Phi) is 8.87. The highest BCUT2D eigenvalue weighted by atomic mass is 35.5. The van der Waals surface area contributed by atoms with Crippen molar-refractivity contribution in [1.29, 1.82) is 0 Å². The van der Waals surface area contributed by atoms with Crippen LogP contribution in [0.5, 0.6) is 0 Å². The first-order valence-corrected chi connectivity index (χ1v) is 9.92. The third-order valence-corrected chi connectivity index (χ3v) is 5.02. The molecule has 0 unspecified atom stereocenters. The normalized spacial score (nSPS) is 11.8. The lowest BCUT2D eigenvalue weighted by atomic mass is 10.4. The van der Waals surface area contributed by atoms with E-state index in [0.717, 1.165) is 55.1 Å². The predicted molar refractivity (Wildman–Crippen MR) is 107 cm³/mol. The van der Waals surface area contributed by atoms with Crippen molar-refractivity contribution in [3.05, 3.63) is 33.5 Å². The van der Waals surface area contributed by atoms with Crippen molar-refractivity contribution in [2.75, 3.05) is 33.9 Å². The fourth-order valence-corrected chi connectivity index (χ4v) is 3.62. The van der Waals surface area contributed by atoms with Gasteiger partial charge in [0.15, 0.2) is 5.96 Å². The van der Waals surface area contributed by atoms with Crippen molar-refractivity contribution in [2.24, 2.45) is 4.99 Å². The predicted octanol–water partition coefficient (Wildman–Crippen LogP) is 2.67. The van der Waals surface area contributed by atoms with Crippen LogP contribution in [-0.2, 0) is 24.2 Å². The van der Waals surface area contributed by atoms with Gasteiger partial charge in [0.25, 0.3) is 0 Å². The standard InChI is InChI=1S/C17H27ClN6OS/c1-4-16-22-21-13-24(16)10-9-20-17(19-8-5-11-25-3)23(2)12-14-6-7-15(18)26-14/h6-7,13H,4-5,8-12H2,1-3H3,(H,19,20). The molecule has 0 saturated heterocycles. The maximum Gasteiger partial charge on any atom is 0.194 e. The summed E-state index contributed by atoms with van der Waals surface area (Å²) < 4.78 is 7.97. The monoisotopic (exact) mass is 398 g/mol. The van der Waals surface area contributed by atoms with E-state index in [0.29, 0.717) is 6.61 Å². The Morgan fingerprint density at radius 2 is 2.31 bits per heavy atom. The van der Waals surface area contributed by atoms with Crippen molar-refractivity contribution in [3.8, 4) is 0 Å². The van der Waals surface area contributed by atoms with E-state index in [4.69, 9.17) is 21.3 Å². The SMILES string of the molecule is CCc1nncn1CCNC(=NCCCOC)N(C)Cc1ccc(Cl)s1. The van der Waals surface area contributed by atoms with Gasteiger partial charge in [-0.05, 0) is 18.6 Å². The number of hydrogen-bond acceptors (Lipinski definition) is 5. The molecule has 0 spiro atoms. The molecule has 0 aromatic carbocycles. The van der Waals surface area contributed by atoms with Crippen LogP contribution in [0, 0.1) is 0 Å². The Hall–Kier alpha value is -1.64. The summed E-state index contributed by atoms with van der Waals surface area (Å²) in [6.07, 6.45) is 3.54. The van der Waals surface area contributed by atoms with Gasteiger partial charge in [0.1, 0.15) is 12.2 Å². The molecule has 0 aliphatic carbocycles. The van der Waals surface area contributed by atoms with Crippen LogP contribution >= 0.6 is 22.9 Å². The van der Waals surface area contributed by atoms with Gasteiger partial charge in [-0.1, -0.05) is 18.5 Å². The molecule has 1 N–H and O–H groups in total. The second-order valence-electron chi connectivity index (χ2n) is 5.83. The molecule has 2 rings (SSSR count). The number of nitrogens with one attached hydrogen (secondary N) is 1. The number of aliphatic imine (C=N–C) groups is 1. The van der Waals surface area contributed by atoms with Gasteiger partial charge < -0.3 is 19.5 Å². The van der Waals surface area contributed by atoms with Crippen LogP contribution in [0.25, 0.3) is 0 Å². The molecule has 26 heavy (non-hydrogen) atoms. The highest BCUT2D eigenvalue weighted by Gasteiger charge is 2.09. The molecule has 0 amide bonds. The lowest BCUT2D eigenvalue weighted by molar-refractivity contribution is 0.197. The minimum Gasteiger partial charge on any atom is -0.385 e. The fraction of sp³-hybridized carbons (Fsp3) is 0.588. The van der Waals surface area contributed by atoms with Crippen LogP contribution in [0.15, 0.2) is 23.5 Å². The Balaban J connectivity index is 1.93. The molecular formula is C17H27ClN6OS. The van der Waals surface area contributed by atoms with Crippen LogP contribution in [0.3, 0.4) is 0 Å². The highest BCUT2D eigenvalue weighted by Crippen LogP contribution is 2.22. The van der Waals surface area contributed by atoms with E-state index in [2.05, 4.69) is 38.0 Å². The number of aromatic nitrogens is 3. The molecule has 0 saturated carbocycles. The van der Waals surface area contributed by atoms with E-state index in [9.17, 15) is 0 Å². The summed E-state index contributed by atoms with van der Waals surface area (Å²) in [5, 5.41) is 11.5. The molecule has 2 aromatic rings. The second kappa shape index (κ2) is 11.2. The molecule has 2 heterocycles. The van der Waals surface area contributed by atoms with E-state index in [1.807, 2.05) is 13.1 Å². The number of rotatable bonds is 10. The number of methoxy groups -OCH3 is 1. The third kappa shape index (κ3) is 6.59. The molecule has 0 fully saturated rings. The van der Waals surface area contributed by atoms with Crippen molar-refractivity contribution < 1.29 is 4.74 Å². The Labute approximate surface area is 164 Å². The van der Waals surface area contributed by atoms with Gasteiger partial charge in [0.05, 0.1) is 10.9 Å². The zero-order valence-electron chi connectivity index (χ0n) is 15.6. The van der Waals surface area contributed by atoms with Crippen LogP contribution in [0.1, 0.15) is 24.0 Å². The highest BCUT2D eigenvalue weighted by molar-refractivity contribution is 7.16. The molecule has 9 heteroatoms. The fourth-order valence-electron chi connectivity index (χ4n) is 2.48. The maximum atomic E-state index is 6.04. The number of aryl methyl sites for hydroxylation is 1. The van der Waals surface area contributed by atoms with Crippen molar-refractivity contribution in [1.82, 2.24) is 25.0 Å². The van der Waals surface area contributed by atoms with Gasteiger partial charge in [-0.25, -0.2) is 0 Å². The summed E-state index contributed by atoms with van der Waals surface area (Å²) in [5.74, 6) is 1.86. The molecule has 144 valence electrons. The van der Waals surface area contributed by atoms with E-state index in [-0.39, 0.29) is 0 Å². The number of ether oxygens (including phenoxy) is 1. The molecule has 2 aromatic heterocycles. The van der Waals surface area contributed by atoms with Crippen molar-refractivity contribution in [3.63, 3.8) is 0 Å². The number of guanidine groups is 1. The largest absolute Gasteiger partial charge is 0.385 e. The molecule has 0 atom stereocenters. The second-order valence-corrected chi connectivity index (χ2v) is 7.63. The number of halogens is 1. The maximum absolute atomic E-state index is 6.04. The number of nitrogens with zero attached hydrogens (tertiary/aromatic N) is 5. The van der Waals surface area contributed by atoms with Gasteiger partial charge in [-0.3, -0.25) is 4.99 Å². The molecule has 7 nitrogen and oxygen atoms in total. The topological polar surface area (TPSA) is 67.6 Å². The van der Waals surface area contributed by atoms with Gasteiger partial charge in [-0.15, -0.1) is 21.5 Å². The summed E-state index contributed by atoms with van der Waals surface area (Å²) >= 11 is 7.63. The average Bonchev–Trinajstić information content (AvgIpc) is 3.25. The van der Waals surface area contributed by atoms with Crippen LogP contribution < -0.4 is 5.32 Å². The van der Waals surface area contributed by atoms with E-state index < -0.39 is 0 Å². The summed E-state index contributed by atoms with van der Waals surface area (Å²) in [6, 6.07) is 3.98. The summed E-state index contributed by atoms with van der Waals surface area (Å²) in [4.78, 5) is 8.03. The van der Waals surface area contributed by atoms with Crippen LogP contribution in [-0.4, -0.2) is 59.5 Å². The number of thiophene rings is 1. The average molecular weight is 399 g/mol. The minimum absolute atomic E-state index is 0.710. The smallest absolute Gasteiger partial charge is 0.194 e. The Morgan fingerprint density at radius 3 is 3.00 bits per heavy atom. The van der Waals surface area contributed by atoms with E-state index >= 15 is 0 Å². The van der Waals surface area contributed by atoms with Crippen molar-refractivity contribution >= 4 is 28.9 Å². The summed E-state index contributed by atoms with van der Waals surface area (Å²) in [7, 11) is 3.74. The number of hydrogen-bond donors (Lipinski definition) is 1. The minimum atomic E-state index is 0.710. The Bertz CT molecular complexity index is 686. The molecule has 0 bridgehead atoms. The van der Waals surface area contributed by atoms with E-state index in [1.165, 1.54) is 4.88 Å². The zero-order chi connectivity index (χ0) is 18.8. The third-order valence-electron chi connectivity index (χ3n) is 3.80. The lowest BCUT2D eigenvalue weighted by Gasteiger charge is -2.22. The molecule has 0 radical (unpaired) electrons.